The summed E-state index contributed by atoms with van der Waals surface area (Å²) in [6.45, 7) is 0. The van der Waals surface area contributed by atoms with E-state index in [1.807, 2.05) is 0 Å². The van der Waals surface area contributed by atoms with Gasteiger partial charge in [0.15, 0.2) is 0 Å². The molecule has 2 aliphatic carbocycles. The largest absolute Gasteiger partial charge is 0.397 e. The van der Waals surface area contributed by atoms with Crippen LogP contribution in [0.25, 0.3) is 0 Å². The van der Waals surface area contributed by atoms with Crippen LogP contribution in [0.15, 0.2) is 18.2 Å². The van der Waals surface area contributed by atoms with Crippen LogP contribution in [0.5, 0.6) is 0 Å². The van der Waals surface area contributed by atoms with Gasteiger partial charge >= 0.3 is 0 Å². The summed E-state index contributed by atoms with van der Waals surface area (Å²) in [4.78, 5) is 0. The average Bonchev–Trinajstić information content (AvgIpc) is 3.13. The van der Waals surface area contributed by atoms with Gasteiger partial charge in [-0.05, 0) is 55.7 Å². The number of hydrogen-bond acceptors (Lipinski definition) is 2. The third kappa shape index (κ3) is 1.99. The summed E-state index contributed by atoms with van der Waals surface area (Å²) in [6.07, 6.45) is 5.24. The van der Waals surface area contributed by atoms with Crippen molar-refractivity contribution < 1.29 is 4.39 Å². The Labute approximate surface area is 95.0 Å². The molecule has 0 aliphatic heterocycles. The number of nitrogens with two attached hydrogens (primary N) is 1. The lowest BCUT2D eigenvalue weighted by molar-refractivity contribution is 0.566. The molecule has 2 nitrogen and oxygen atoms in total. The normalized spacial score (nSPS) is 20.1. The van der Waals surface area contributed by atoms with Crippen LogP contribution in [-0.4, -0.2) is 6.04 Å². The van der Waals surface area contributed by atoms with Gasteiger partial charge in [-0.1, -0.05) is 0 Å². The summed E-state index contributed by atoms with van der Waals surface area (Å²) in [5.74, 6) is 1.35. The molecule has 2 saturated carbocycles. The molecule has 86 valence electrons. The zero-order valence-electron chi connectivity index (χ0n) is 9.25. The van der Waals surface area contributed by atoms with Crippen molar-refractivity contribution in [3.8, 4) is 0 Å². The van der Waals surface area contributed by atoms with Crippen LogP contribution >= 0.6 is 0 Å². The maximum atomic E-state index is 13.1. The molecule has 1 aromatic rings. The quantitative estimate of drug-likeness (QED) is 0.765. The van der Waals surface area contributed by atoms with Gasteiger partial charge in [0.25, 0.3) is 0 Å². The maximum Gasteiger partial charge on any atom is 0.125 e. The monoisotopic (exact) mass is 220 g/mol. The molecular formula is C13H17FN2. The first-order valence-corrected chi connectivity index (χ1v) is 6.05. The SMILES string of the molecule is Nc1ccc(F)cc1NC(C1CC1)C1CC1. The third-order valence-corrected chi connectivity index (χ3v) is 3.60. The van der Waals surface area contributed by atoms with Gasteiger partial charge in [0.05, 0.1) is 11.4 Å². The van der Waals surface area contributed by atoms with Gasteiger partial charge < -0.3 is 11.1 Å². The topological polar surface area (TPSA) is 38.0 Å². The fourth-order valence-electron chi connectivity index (χ4n) is 2.36. The number of anilines is 2. The van der Waals surface area contributed by atoms with Gasteiger partial charge in [-0.2, -0.15) is 0 Å². The van der Waals surface area contributed by atoms with Crippen molar-refractivity contribution in [2.24, 2.45) is 11.8 Å². The molecule has 2 aliphatic rings. The smallest absolute Gasteiger partial charge is 0.125 e. The van der Waals surface area contributed by atoms with Gasteiger partial charge in [-0.3, -0.25) is 0 Å². The fourth-order valence-corrected chi connectivity index (χ4v) is 2.36. The molecule has 0 spiro atoms. The van der Waals surface area contributed by atoms with Crippen molar-refractivity contribution in [2.45, 2.75) is 31.7 Å². The molecule has 0 aromatic heterocycles. The van der Waals surface area contributed by atoms with Crippen LogP contribution in [0.1, 0.15) is 25.7 Å². The van der Waals surface area contributed by atoms with E-state index >= 15 is 0 Å². The first-order chi connectivity index (χ1) is 7.74. The van der Waals surface area contributed by atoms with Gasteiger partial charge in [0.1, 0.15) is 5.82 Å². The molecule has 16 heavy (non-hydrogen) atoms. The number of rotatable bonds is 4. The molecule has 3 rings (SSSR count). The Hall–Kier alpha value is -1.25. The number of benzene rings is 1. The Bertz CT molecular complexity index is 385. The van der Waals surface area contributed by atoms with E-state index in [4.69, 9.17) is 5.73 Å². The molecule has 2 fully saturated rings. The van der Waals surface area contributed by atoms with Crippen LogP contribution < -0.4 is 11.1 Å². The van der Waals surface area contributed by atoms with E-state index in [-0.39, 0.29) is 5.82 Å². The highest BCUT2D eigenvalue weighted by molar-refractivity contribution is 5.66. The molecule has 0 heterocycles. The van der Waals surface area contributed by atoms with Crippen molar-refractivity contribution in [3.63, 3.8) is 0 Å². The summed E-state index contributed by atoms with van der Waals surface area (Å²) in [5.41, 5.74) is 7.26. The summed E-state index contributed by atoms with van der Waals surface area (Å²) in [5, 5.41) is 3.45. The first kappa shape index (κ1) is 9.94. The highest BCUT2D eigenvalue weighted by atomic mass is 19.1. The van der Waals surface area contributed by atoms with Gasteiger partial charge in [0.2, 0.25) is 0 Å². The third-order valence-electron chi connectivity index (χ3n) is 3.60. The second kappa shape index (κ2) is 3.65. The van der Waals surface area contributed by atoms with Crippen LogP contribution in [0.4, 0.5) is 15.8 Å². The zero-order valence-corrected chi connectivity index (χ0v) is 9.25. The highest BCUT2D eigenvalue weighted by Crippen LogP contribution is 2.46. The van der Waals surface area contributed by atoms with E-state index in [0.29, 0.717) is 11.7 Å². The predicted octanol–water partition coefficient (Wildman–Crippen LogP) is 3.01. The average molecular weight is 220 g/mol. The molecule has 0 radical (unpaired) electrons. The van der Waals surface area contributed by atoms with E-state index < -0.39 is 0 Å². The van der Waals surface area contributed by atoms with Crippen LogP contribution in [0.2, 0.25) is 0 Å². The number of hydrogen-bond donors (Lipinski definition) is 2. The van der Waals surface area contributed by atoms with Crippen molar-refractivity contribution in [2.75, 3.05) is 11.1 Å². The summed E-state index contributed by atoms with van der Waals surface area (Å²) in [7, 11) is 0. The maximum absolute atomic E-state index is 13.1. The Balaban J connectivity index is 1.78. The Morgan fingerprint density at radius 3 is 2.38 bits per heavy atom. The molecule has 0 unspecified atom stereocenters. The highest BCUT2D eigenvalue weighted by Gasteiger charge is 2.41. The minimum Gasteiger partial charge on any atom is -0.397 e. The first-order valence-electron chi connectivity index (χ1n) is 6.05. The zero-order chi connectivity index (χ0) is 11.1. The Morgan fingerprint density at radius 2 is 1.81 bits per heavy atom. The molecule has 3 heteroatoms. The summed E-state index contributed by atoms with van der Waals surface area (Å²) < 4.78 is 13.1. The van der Waals surface area contributed by atoms with Crippen LogP contribution in [0, 0.1) is 17.7 Å². The lowest BCUT2D eigenvalue weighted by Crippen LogP contribution is -2.24. The Morgan fingerprint density at radius 1 is 1.19 bits per heavy atom. The molecule has 0 amide bonds. The minimum atomic E-state index is -0.220. The minimum absolute atomic E-state index is 0.220. The molecule has 0 atom stereocenters. The number of nitrogens with one attached hydrogen (secondary N) is 1. The number of nitrogen functional groups attached to an aromatic ring is 1. The van der Waals surface area contributed by atoms with Gasteiger partial charge in [-0.15, -0.1) is 0 Å². The van der Waals surface area contributed by atoms with Gasteiger partial charge in [0, 0.05) is 6.04 Å². The van der Waals surface area contributed by atoms with Crippen LogP contribution in [0.3, 0.4) is 0 Å². The second-order valence-corrected chi connectivity index (χ2v) is 5.08. The molecule has 1 aromatic carbocycles. The van der Waals surface area contributed by atoms with E-state index in [9.17, 15) is 4.39 Å². The molecule has 0 bridgehead atoms. The standard InChI is InChI=1S/C13H17FN2/c14-10-5-6-11(15)12(7-10)16-13(8-1-2-8)9-3-4-9/h5-9,13,16H,1-4,15H2. The predicted molar refractivity (Wildman–Crippen MR) is 63.7 cm³/mol. The van der Waals surface area contributed by atoms with E-state index in [2.05, 4.69) is 5.32 Å². The molecule has 0 saturated heterocycles. The van der Waals surface area contributed by atoms with E-state index in [0.717, 1.165) is 17.5 Å². The second-order valence-electron chi connectivity index (χ2n) is 5.08. The van der Waals surface area contributed by atoms with Crippen molar-refractivity contribution in [1.82, 2.24) is 0 Å². The van der Waals surface area contributed by atoms with Gasteiger partial charge in [-0.25, -0.2) is 4.39 Å². The summed E-state index contributed by atoms with van der Waals surface area (Å²) in [6, 6.07) is 5.06. The molecule has 3 N–H and O–H groups in total. The summed E-state index contributed by atoms with van der Waals surface area (Å²) >= 11 is 0. The van der Waals surface area contributed by atoms with Crippen molar-refractivity contribution in [1.29, 1.82) is 0 Å². The van der Waals surface area contributed by atoms with E-state index in [1.54, 1.807) is 6.07 Å². The van der Waals surface area contributed by atoms with E-state index in [1.165, 1.54) is 37.8 Å². The lowest BCUT2D eigenvalue weighted by atomic mass is 10.1. The number of halogens is 1. The van der Waals surface area contributed by atoms with Crippen molar-refractivity contribution >= 4 is 11.4 Å². The lowest BCUT2D eigenvalue weighted by Gasteiger charge is -2.20. The molecular weight excluding hydrogens is 203 g/mol. The van der Waals surface area contributed by atoms with Crippen molar-refractivity contribution in [3.05, 3.63) is 24.0 Å². The van der Waals surface area contributed by atoms with Crippen LogP contribution in [-0.2, 0) is 0 Å². The Kier molecular flexibility index (Phi) is 2.27. The fraction of sp³-hybridized carbons (Fsp3) is 0.538.